The molecular formula is C16H22FNO4. The van der Waals surface area contributed by atoms with Crippen LogP contribution in [0.25, 0.3) is 0 Å². The summed E-state index contributed by atoms with van der Waals surface area (Å²) in [6, 6.07) is 5.63. The molecule has 3 atom stereocenters. The Morgan fingerprint density at radius 2 is 2.14 bits per heavy atom. The Labute approximate surface area is 129 Å². The van der Waals surface area contributed by atoms with Crippen LogP contribution in [0.15, 0.2) is 24.3 Å². The number of amides is 1. The number of rotatable bonds is 5. The van der Waals surface area contributed by atoms with Gasteiger partial charge in [-0.3, -0.25) is 4.79 Å². The van der Waals surface area contributed by atoms with Gasteiger partial charge in [0.2, 0.25) is 0 Å². The first-order valence-electron chi connectivity index (χ1n) is 7.38. The minimum atomic E-state index is -0.721. The summed E-state index contributed by atoms with van der Waals surface area (Å²) in [5.74, 6) is -0.762. The number of benzene rings is 1. The van der Waals surface area contributed by atoms with Gasteiger partial charge < -0.3 is 19.5 Å². The lowest BCUT2D eigenvalue weighted by Gasteiger charge is -2.39. The molecule has 0 heterocycles. The zero-order chi connectivity index (χ0) is 16.1. The fourth-order valence-electron chi connectivity index (χ4n) is 2.79. The van der Waals surface area contributed by atoms with E-state index in [1.807, 2.05) is 0 Å². The molecule has 1 amide bonds. The molecule has 2 rings (SSSR count). The van der Waals surface area contributed by atoms with Crippen LogP contribution in [0.1, 0.15) is 19.3 Å². The van der Waals surface area contributed by atoms with Crippen LogP contribution < -0.4 is 4.74 Å². The van der Waals surface area contributed by atoms with E-state index in [1.54, 1.807) is 26.3 Å². The van der Waals surface area contributed by atoms with E-state index in [4.69, 9.17) is 9.47 Å². The molecule has 122 valence electrons. The third kappa shape index (κ3) is 3.75. The molecule has 1 aliphatic carbocycles. The average molecular weight is 311 g/mol. The molecule has 1 fully saturated rings. The molecule has 0 unspecified atom stereocenters. The van der Waals surface area contributed by atoms with Crippen molar-refractivity contribution in [2.24, 2.45) is 0 Å². The Hall–Kier alpha value is -1.66. The number of hydrogen-bond acceptors (Lipinski definition) is 4. The van der Waals surface area contributed by atoms with Crippen molar-refractivity contribution in [3.05, 3.63) is 30.1 Å². The zero-order valence-corrected chi connectivity index (χ0v) is 12.9. The highest BCUT2D eigenvalue weighted by Gasteiger charge is 2.36. The standard InChI is InChI=1S/C16H22FNO4/c1-18(12-7-5-9-14(21-2)16(12)20)15(19)10-22-13-8-4-3-6-11(13)17/h3-4,6,8,12,14,16,20H,5,7,9-10H2,1-2H3/t12-,14-,16-/m1/s1. The predicted octanol–water partition coefficient (Wildman–Crippen LogP) is 1.59. The van der Waals surface area contributed by atoms with Crippen LogP contribution in [-0.4, -0.2) is 54.9 Å². The zero-order valence-electron chi connectivity index (χ0n) is 12.9. The van der Waals surface area contributed by atoms with Crippen molar-refractivity contribution in [1.29, 1.82) is 0 Å². The fraction of sp³-hybridized carbons (Fsp3) is 0.562. The normalized spacial score (nSPS) is 24.8. The summed E-state index contributed by atoms with van der Waals surface area (Å²) in [5.41, 5.74) is 0. The van der Waals surface area contributed by atoms with Crippen molar-refractivity contribution in [3.63, 3.8) is 0 Å². The van der Waals surface area contributed by atoms with Crippen molar-refractivity contribution in [2.45, 2.75) is 37.5 Å². The summed E-state index contributed by atoms with van der Waals surface area (Å²) in [4.78, 5) is 13.7. The van der Waals surface area contributed by atoms with Gasteiger partial charge >= 0.3 is 0 Å². The van der Waals surface area contributed by atoms with Gasteiger partial charge in [-0.15, -0.1) is 0 Å². The first kappa shape index (κ1) is 16.7. The van der Waals surface area contributed by atoms with Gasteiger partial charge in [-0.1, -0.05) is 12.1 Å². The molecule has 0 spiro atoms. The van der Waals surface area contributed by atoms with Crippen molar-refractivity contribution in [2.75, 3.05) is 20.8 Å². The number of likely N-dealkylation sites (N-methyl/N-ethyl adjacent to an activating group) is 1. The summed E-state index contributed by atoms with van der Waals surface area (Å²) < 4.78 is 23.9. The van der Waals surface area contributed by atoms with Gasteiger partial charge in [0, 0.05) is 14.2 Å². The number of aliphatic hydroxyl groups is 1. The number of carbonyl (C=O) groups excluding carboxylic acids is 1. The third-order valence-electron chi connectivity index (χ3n) is 4.15. The largest absolute Gasteiger partial charge is 0.481 e. The molecule has 1 aromatic carbocycles. The summed E-state index contributed by atoms with van der Waals surface area (Å²) >= 11 is 0. The topological polar surface area (TPSA) is 59.0 Å². The van der Waals surface area contributed by atoms with Crippen molar-refractivity contribution >= 4 is 5.91 Å². The maximum absolute atomic E-state index is 13.4. The Kier molecular flexibility index (Phi) is 5.74. The summed E-state index contributed by atoms with van der Waals surface area (Å²) in [5, 5.41) is 10.3. The van der Waals surface area contributed by atoms with E-state index in [-0.39, 0.29) is 30.4 Å². The van der Waals surface area contributed by atoms with E-state index in [9.17, 15) is 14.3 Å². The van der Waals surface area contributed by atoms with Crippen molar-refractivity contribution < 1.29 is 23.8 Å². The maximum atomic E-state index is 13.4. The highest BCUT2D eigenvalue weighted by molar-refractivity contribution is 5.78. The Bertz CT molecular complexity index is 511. The lowest BCUT2D eigenvalue weighted by atomic mass is 9.89. The number of ether oxygens (including phenoxy) is 2. The Morgan fingerprint density at radius 1 is 1.41 bits per heavy atom. The maximum Gasteiger partial charge on any atom is 0.260 e. The molecule has 0 bridgehead atoms. The van der Waals surface area contributed by atoms with E-state index in [0.717, 1.165) is 12.8 Å². The minimum Gasteiger partial charge on any atom is -0.481 e. The van der Waals surface area contributed by atoms with Crippen molar-refractivity contribution in [3.8, 4) is 5.75 Å². The van der Waals surface area contributed by atoms with Crippen LogP contribution in [0.2, 0.25) is 0 Å². The van der Waals surface area contributed by atoms with E-state index in [2.05, 4.69) is 0 Å². The summed E-state index contributed by atoms with van der Waals surface area (Å²) in [6.45, 7) is -0.266. The third-order valence-corrected chi connectivity index (χ3v) is 4.15. The number of aliphatic hydroxyl groups excluding tert-OH is 1. The van der Waals surface area contributed by atoms with Crippen LogP contribution in [0, 0.1) is 5.82 Å². The molecular weight excluding hydrogens is 289 g/mol. The van der Waals surface area contributed by atoms with Gasteiger partial charge in [0.15, 0.2) is 18.2 Å². The Morgan fingerprint density at radius 3 is 2.82 bits per heavy atom. The quantitative estimate of drug-likeness (QED) is 0.897. The van der Waals surface area contributed by atoms with Crippen LogP contribution in [0.4, 0.5) is 4.39 Å². The molecule has 0 aliphatic heterocycles. The first-order chi connectivity index (χ1) is 10.5. The van der Waals surface area contributed by atoms with Crippen molar-refractivity contribution in [1.82, 2.24) is 4.90 Å². The first-order valence-corrected chi connectivity index (χ1v) is 7.38. The molecule has 1 N–H and O–H groups in total. The van der Waals surface area contributed by atoms with Gasteiger partial charge in [0.25, 0.3) is 5.91 Å². The number of halogens is 1. The summed E-state index contributed by atoms with van der Waals surface area (Å²) in [6.07, 6.45) is 1.39. The van der Waals surface area contributed by atoms with E-state index < -0.39 is 11.9 Å². The Balaban J connectivity index is 1.93. The molecule has 0 radical (unpaired) electrons. The minimum absolute atomic E-state index is 0.0446. The highest BCUT2D eigenvalue weighted by Crippen LogP contribution is 2.25. The molecule has 1 aromatic rings. The number of nitrogens with zero attached hydrogens (tertiary/aromatic N) is 1. The van der Waals surface area contributed by atoms with Gasteiger partial charge in [-0.25, -0.2) is 4.39 Å². The van der Waals surface area contributed by atoms with Gasteiger partial charge in [0.1, 0.15) is 6.10 Å². The van der Waals surface area contributed by atoms with Gasteiger partial charge in [0.05, 0.1) is 12.1 Å². The number of hydrogen-bond donors (Lipinski definition) is 1. The van der Waals surface area contributed by atoms with E-state index >= 15 is 0 Å². The van der Waals surface area contributed by atoms with E-state index in [1.165, 1.54) is 17.0 Å². The number of para-hydroxylation sites is 1. The number of methoxy groups -OCH3 is 1. The smallest absolute Gasteiger partial charge is 0.260 e. The molecule has 0 saturated heterocycles. The van der Waals surface area contributed by atoms with E-state index in [0.29, 0.717) is 6.42 Å². The predicted molar refractivity (Wildman–Crippen MR) is 79.1 cm³/mol. The molecule has 5 nitrogen and oxygen atoms in total. The number of carbonyl (C=O) groups is 1. The second-order valence-electron chi connectivity index (χ2n) is 5.49. The lowest BCUT2D eigenvalue weighted by Crippen LogP contribution is -2.53. The van der Waals surface area contributed by atoms with Gasteiger partial charge in [-0.2, -0.15) is 0 Å². The summed E-state index contributed by atoms with van der Waals surface area (Å²) in [7, 11) is 3.18. The molecule has 1 saturated carbocycles. The van der Waals surface area contributed by atoms with Crippen LogP contribution in [-0.2, 0) is 9.53 Å². The average Bonchev–Trinajstić information content (AvgIpc) is 2.53. The second kappa shape index (κ2) is 7.56. The molecule has 6 heteroatoms. The van der Waals surface area contributed by atoms with Crippen LogP contribution >= 0.6 is 0 Å². The molecule has 1 aliphatic rings. The SMILES string of the molecule is CO[C@@H]1CCC[C@@H](N(C)C(=O)COc2ccccc2F)[C@H]1O. The molecule has 0 aromatic heterocycles. The van der Waals surface area contributed by atoms with Gasteiger partial charge in [-0.05, 0) is 31.4 Å². The highest BCUT2D eigenvalue weighted by atomic mass is 19.1. The van der Waals surface area contributed by atoms with Crippen LogP contribution in [0.3, 0.4) is 0 Å². The monoisotopic (exact) mass is 311 g/mol. The fourth-order valence-corrected chi connectivity index (χ4v) is 2.79. The lowest BCUT2D eigenvalue weighted by molar-refractivity contribution is -0.142. The van der Waals surface area contributed by atoms with Crippen LogP contribution in [0.5, 0.6) is 5.75 Å². The molecule has 22 heavy (non-hydrogen) atoms. The second-order valence-corrected chi connectivity index (χ2v) is 5.49.